The van der Waals surface area contributed by atoms with Crippen LogP contribution in [0.3, 0.4) is 0 Å². The number of hydrogen-bond acceptors (Lipinski definition) is 4. The molecule has 2 heterocycles. The fraction of sp³-hybridized carbons (Fsp3) is 0.667. The lowest BCUT2D eigenvalue weighted by Gasteiger charge is -2.20. The second-order valence-electron chi connectivity index (χ2n) is 3.42. The highest BCUT2D eigenvalue weighted by atomic mass is 35.5. The van der Waals surface area contributed by atoms with Crippen molar-refractivity contribution in [3.63, 3.8) is 0 Å². The number of ether oxygens (including phenoxy) is 1. The number of rotatable bonds is 2. The van der Waals surface area contributed by atoms with Crippen molar-refractivity contribution in [3.8, 4) is 0 Å². The first-order chi connectivity index (χ1) is 6.34. The number of thiazole rings is 1. The number of nitrogen functional groups attached to an aromatic ring is 1. The molecule has 2 rings (SSSR count). The number of anilines is 1. The molecular weight excluding hydrogens is 220 g/mol. The molecule has 80 valence electrons. The highest BCUT2D eigenvalue weighted by molar-refractivity contribution is 7.15. The van der Waals surface area contributed by atoms with E-state index in [0.29, 0.717) is 5.13 Å². The fourth-order valence-electron chi connectivity index (χ4n) is 1.65. The minimum atomic E-state index is 0. The summed E-state index contributed by atoms with van der Waals surface area (Å²) in [4.78, 5) is 5.36. The third kappa shape index (κ3) is 3.12. The molecule has 1 fully saturated rings. The quantitative estimate of drug-likeness (QED) is 0.853. The minimum Gasteiger partial charge on any atom is -0.381 e. The van der Waals surface area contributed by atoms with Gasteiger partial charge in [0.1, 0.15) is 0 Å². The van der Waals surface area contributed by atoms with E-state index < -0.39 is 0 Å². The Morgan fingerprint density at radius 2 is 2.21 bits per heavy atom. The van der Waals surface area contributed by atoms with Gasteiger partial charge < -0.3 is 10.5 Å². The molecule has 1 saturated heterocycles. The Morgan fingerprint density at radius 3 is 2.79 bits per heavy atom. The molecule has 0 aliphatic carbocycles. The van der Waals surface area contributed by atoms with Crippen LogP contribution < -0.4 is 5.73 Å². The lowest BCUT2D eigenvalue weighted by atomic mass is 9.96. The van der Waals surface area contributed by atoms with Crippen LogP contribution in [0.5, 0.6) is 0 Å². The highest BCUT2D eigenvalue weighted by Crippen LogP contribution is 2.23. The Kier molecular flexibility index (Phi) is 4.65. The van der Waals surface area contributed by atoms with Crippen LogP contribution in [-0.4, -0.2) is 18.2 Å². The monoisotopic (exact) mass is 234 g/mol. The van der Waals surface area contributed by atoms with Crippen LogP contribution in [0.1, 0.15) is 17.7 Å². The van der Waals surface area contributed by atoms with E-state index in [1.807, 2.05) is 6.20 Å². The zero-order chi connectivity index (χ0) is 9.10. The second kappa shape index (κ2) is 5.53. The van der Waals surface area contributed by atoms with Crippen LogP contribution in [0, 0.1) is 5.92 Å². The maximum Gasteiger partial charge on any atom is 0.180 e. The number of halogens is 1. The molecule has 0 unspecified atom stereocenters. The Hall–Kier alpha value is -0.320. The summed E-state index contributed by atoms with van der Waals surface area (Å²) >= 11 is 1.61. The van der Waals surface area contributed by atoms with E-state index in [0.717, 1.165) is 25.6 Å². The van der Waals surface area contributed by atoms with Gasteiger partial charge in [0, 0.05) is 24.3 Å². The molecule has 1 aliphatic heterocycles. The molecule has 0 radical (unpaired) electrons. The molecule has 5 heteroatoms. The van der Waals surface area contributed by atoms with Gasteiger partial charge in [-0.2, -0.15) is 0 Å². The lowest BCUT2D eigenvalue weighted by Crippen LogP contribution is -2.17. The van der Waals surface area contributed by atoms with Crippen molar-refractivity contribution in [3.05, 3.63) is 11.1 Å². The Labute approximate surface area is 94.1 Å². The smallest absolute Gasteiger partial charge is 0.180 e. The first kappa shape index (κ1) is 11.8. The van der Waals surface area contributed by atoms with Crippen molar-refractivity contribution in [2.24, 2.45) is 5.92 Å². The van der Waals surface area contributed by atoms with Crippen LogP contribution in [0.15, 0.2) is 6.20 Å². The van der Waals surface area contributed by atoms with E-state index in [2.05, 4.69) is 4.98 Å². The van der Waals surface area contributed by atoms with E-state index in [1.165, 1.54) is 17.7 Å². The molecule has 0 bridgehead atoms. The summed E-state index contributed by atoms with van der Waals surface area (Å²) in [5.74, 6) is 0.772. The highest BCUT2D eigenvalue weighted by Gasteiger charge is 2.15. The van der Waals surface area contributed by atoms with Crippen LogP contribution in [0.4, 0.5) is 5.13 Å². The van der Waals surface area contributed by atoms with E-state index in [1.54, 1.807) is 11.3 Å². The van der Waals surface area contributed by atoms with E-state index >= 15 is 0 Å². The van der Waals surface area contributed by atoms with Gasteiger partial charge in [0.15, 0.2) is 5.13 Å². The minimum absolute atomic E-state index is 0. The van der Waals surface area contributed by atoms with Gasteiger partial charge in [-0.15, -0.1) is 23.7 Å². The fourth-order valence-corrected chi connectivity index (χ4v) is 2.45. The first-order valence-corrected chi connectivity index (χ1v) is 5.44. The molecular formula is C9H15ClN2OS. The summed E-state index contributed by atoms with van der Waals surface area (Å²) in [7, 11) is 0. The standard InChI is InChI=1S/C9H14N2OS.ClH/c10-9-11-6-8(13-9)5-7-1-3-12-4-2-7;/h6-7H,1-5H2,(H2,10,11);1H. The van der Waals surface area contributed by atoms with Crippen molar-refractivity contribution < 1.29 is 4.74 Å². The zero-order valence-corrected chi connectivity index (χ0v) is 9.57. The Bertz CT molecular complexity index is 274. The maximum atomic E-state index is 5.57. The predicted octanol–water partition coefficient (Wildman–Crippen LogP) is 2.12. The number of hydrogen-bond donors (Lipinski definition) is 1. The summed E-state index contributed by atoms with van der Waals surface area (Å²) in [6.45, 7) is 1.83. The third-order valence-corrected chi connectivity index (χ3v) is 3.25. The summed E-state index contributed by atoms with van der Waals surface area (Å²) in [5, 5.41) is 0.682. The van der Waals surface area contributed by atoms with Gasteiger partial charge in [0.05, 0.1) is 0 Å². The van der Waals surface area contributed by atoms with Gasteiger partial charge in [-0.3, -0.25) is 0 Å². The van der Waals surface area contributed by atoms with E-state index in [9.17, 15) is 0 Å². The van der Waals surface area contributed by atoms with Crippen molar-refractivity contribution in [1.82, 2.24) is 4.98 Å². The normalized spacial score (nSPS) is 17.7. The van der Waals surface area contributed by atoms with Crippen LogP contribution in [0.2, 0.25) is 0 Å². The number of nitrogens with two attached hydrogens (primary N) is 1. The van der Waals surface area contributed by atoms with Crippen molar-refractivity contribution in [1.29, 1.82) is 0 Å². The van der Waals surface area contributed by atoms with Gasteiger partial charge in [0.25, 0.3) is 0 Å². The van der Waals surface area contributed by atoms with Crippen LogP contribution in [0.25, 0.3) is 0 Å². The van der Waals surface area contributed by atoms with Gasteiger partial charge >= 0.3 is 0 Å². The largest absolute Gasteiger partial charge is 0.381 e. The van der Waals surface area contributed by atoms with E-state index in [-0.39, 0.29) is 12.4 Å². The van der Waals surface area contributed by atoms with Gasteiger partial charge in [0.2, 0.25) is 0 Å². The molecule has 0 saturated carbocycles. The number of aromatic nitrogens is 1. The number of nitrogens with zero attached hydrogens (tertiary/aromatic N) is 1. The van der Waals surface area contributed by atoms with Crippen molar-refractivity contribution in [2.75, 3.05) is 18.9 Å². The van der Waals surface area contributed by atoms with Gasteiger partial charge in [-0.1, -0.05) is 0 Å². The van der Waals surface area contributed by atoms with Gasteiger partial charge in [-0.05, 0) is 25.2 Å². The molecule has 0 aromatic carbocycles. The molecule has 0 spiro atoms. The first-order valence-electron chi connectivity index (χ1n) is 4.62. The summed E-state index contributed by atoms with van der Waals surface area (Å²) in [6, 6.07) is 0. The molecule has 3 nitrogen and oxygen atoms in total. The average Bonchev–Trinajstić information content (AvgIpc) is 2.53. The molecule has 14 heavy (non-hydrogen) atoms. The molecule has 0 atom stereocenters. The summed E-state index contributed by atoms with van der Waals surface area (Å²) in [6.07, 6.45) is 5.38. The molecule has 1 aliphatic rings. The molecule has 2 N–H and O–H groups in total. The van der Waals surface area contributed by atoms with Crippen LogP contribution >= 0.6 is 23.7 Å². The topological polar surface area (TPSA) is 48.1 Å². The Balaban J connectivity index is 0.000000980. The maximum absolute atomic E-state index is 5.57. The molecule has 0 amide bonds. The van der Waals surface area contributed by atoms with Crippen molar-refractivity contribution in [2.45, 2.75) is 19.3 Å². The lowest BCUT2D eigenvalue weighted by molar-refractivity contribution is 0.0667. The average molecular weight is 235 g/mol. The zero-order valence-electron chi connectivity index (χ0n) is 7.94. The summed E-state index contributed by atoms with van der Waals surface area (Å²) < 4.78 is 5.31. The molecule has 1 aromatic heterocycles. The SMILES string of the molecule is Cl.Nc1ncc(CC2CCOCC2)s1. The molecule has 1 aromatic rings. The third-order valence-electron chi connectivity index (χ3n) is 2.40. The summed E-state index contributed by atoms with van der Waals surface area (Å²) in [5.41, 5.74) is 5.57. The van der Waals surface area contributed by atoms with E-state index in [4.69, 9.17) is 10.5 Å². The van der Waals surface area contributed by atoms with Gasteiger partial charge in [-0.25, -0.2) is 4.98 Å². The van der Waals surface area contributed by atoms with Crippen LogP contribution in [-0.2, 0) is 11.2 Å². The Morgan fingerprint density at radius 1 is 1.50 bits per heavy atom. The predicted molar refractivity (Wildman–Crippen MR) is 61.0 cm³/mol. The van der Waals surface area contributed by atoms with Crippen molar-refractivity contribution >= 4 is 28.9 Å². The second-order valence-corrected chi connectivity index (χ2v) is 4.57.